The van der Waals surface area contributed by atoms with Crippen molar-refractivity contribution in [2.24, 2.45) is 5.92 Å². The van der Waals surface area contributed by atoms with Crippen molar-refractivity contribution in [3.05, 3.63) is 12.2 Å². The molecular formula is C11H19N5O3. The number of carboxylic acids is 1. The van der Waals surface area contributed by atoms with Crippen LogP contribution in [0.1, 0.15) is 26.6 Å². The lowest BCUT2D eigenvalue weighted by Crippen LogP contribution is -2.48. The van der Waals surface area contributed by atoms with Crippen molar-refractivity contribution in [1.82, 2.24) is 25.4 Å². The number of nitrogens with zero attached hydrogens (tertiary/aromatic N) is 3. The molecule has 106 valence electrons. The molecule has 1 atom stereocenters. The summed E-state index contributed by atoms with van der Waals surface area (Å²) in [6, 6.07) is -1.45. The van der Waals surface area contributed by atoms with E-state index in [2.05, 4.69) is 20.8 Å². The lowest BCUT2D eigenvalue weighted by molar-refractivity contribution is -0.140. The SMILES string of the molecule is CCn1cnnc1CNC(=O)N[C@H](C(=O)O)C(C)C. The highest BCUT2D eigenvalue weighted by Crippen LogP contribution is 2.01. The van der Waals surface area contributed by atoms with Crippen LogP contribution in [-0.4, -0.2) is 37.9 Å². The first-order chi connectivity index (χ1) is 8.95. The van der Waals surface area contributed by atoms with E-state index in [0.717, 1.165) is 0 Å². The Morgan fingerprint density at radius 1 is 1.47 bits per heavy atom. The highest BCUT2D eigenvalue weighted by Gasteiger charge is 2.23. The Balaban J connectivity index is 2.49. The summed E-state index contributed by atoms with van der Waals surface area (Å²) in [6.07, 6.45) is 1.57. The summed E-state index contributed by atoms with van der Waals surface area (Å²) in [5, 5.41) is 21.5. The fourth-order valence-electron chi connectivity index (χ4n) is 1.55. The molecular weight excluding hydrogens is 250 g/mol. The van der Waals surface area contributed by atoms with Crippen molar-refractivity contribution in [3.8, 4) is 0 Å². The Hall–Kier alpha value is -2.12. The molecule has 2 amide bonds. The van der Waals surface area contributed by atoms with E-state index in [-0.39, 0.29) is 12.5 Å². The van der Waals surface area contributed by atoms with E-state index >= 15 is 0 Å². The number of carbonyl (C=O) groups is 2. The van der Waals surface area contributed by atoms with Crippen LogP contribution in [0.15, 0.2) is 6.33 Å². The van der Waals surface area contributed by atoms with Gasteiger partial charge in [-0.2, -0.15) is 0 Å². The Bertz CT molecular complexity index is 443. The second-order valence-corrected chi connectivity index (χ2v) is 4.42. The van der Waals surface area contributed by atoms with E-state index < -0.39 is 18.0 Å². The molecule has 0 aliphatic heterocycles. The maximum absolute atomic E-state index is 11.6. The summed E-state index contributed by atoms with van der Waals surface area (Å²) in [7, 11) is 0. The largest absolute Gasteiger partial charge is 0.480 e. The van der Waals surface area contributed by atoms with Crippen molar-refractivity contribution in [2.75, 3.05) is 0 Å². The number of aliphatic carboxylic acids is 1. The van der Waals surface area contributed by atoms with E-state index in [1.807, 2.05) is 6.92 Å². The minimum atomic E-state index is -1.05. The highest BCUT2D eigenvalue weighted by molar-refractivity contribution is 5.82. The molecule has 0 spiro atoms. The van der Waals surface area contributed by atoms with E-state index in [4.69, 9.17) is 5.11 Å². The number of urea groups is 1. The first kappa shape index (κ1) is 14.9. The van der Waals surface area contributed by atoms with Gasteiger partial charge in [0, 0.05) is 6.54 Å². The van der Waals surface area contributed by atoms with Crippen LogP contribution in [0.4, 0.5) is 4.79 Å². The number of hydrogen-bond donors (Lipinski definition) is 3. The number of carboxylic acid groups (broad SMARTS) is 1. The fraction of sp³-hybridized carbons (Fsp3) is 0.636. The lowest BCUT2D eigenvalue weighted by atomic mass is 10.1. The van der Waals surface area contributed by atoms with Gasteiger partial charge >= 0.3 is 12.0 Å². The molecule has 3 N–H and O–H groups in total. The fourth-order valence-corrected chi connectivity index (χ4v) is 1.55. The van der Waals surface area contributed by atoms with Crippen LogP contribution in [0.2, 0.25) is 0 Å². The maximum atomic E-state index is 11.6. The van der Waals surface area contributed by atoms with Crippen LogP contribution in [0.3, 0.4) is 0 Å². The Morgan fingerprint density at radius 2 is 2.16 bits per heavy atom. The van der Waals surface area contributed by atoms with E-state index in [1.54, 1.807) is 24.7 Å². The smallest absolute Gasteiger partial charge is 0.326 e. The van der Waals surface area contributed by atoms with Gasteiger partial charge in [-0.15, -0.1) is 10.2 Å². The summed E-state index contributed by atoms with van der Waals surface area (Å²) < 4.78 is 1.79. The monoisotopic (exact) mass is 269 g/mol. The number of carbonyl (C=O) groups excluding carboxylic acids is 1. The van der Waals surface area contributed by atoms with Crippen molar-refractivity contribution >= 4 is 12.0 Å². The Morgan fingerprint density at radius 3 is 2.68 bits per heavy atom. The third-order valence-electron chi connectivity index (χ3n) is 2.66. The molecule has 1 aromatic rings. The molecule has 0 saturated carbocycles. The molecule has 1 heterocycles. The van der Waals surface area contributed by atoms with Gasteiger partial charge in [0.2, 0.25) is 0 Å². The van der Waals surface area contributed by atoms with Crippen LogP contribution in [0.5, 0.6) is 0 Å². The number of amides is 2. The van der Waals surface area contributed by atoms with Crippen LogP contribution in [0.25, 0.3) is 0 Å². The van der Waals surface area contributed by atoms with Crippen molar-refractivity contribution < 1.29 is 14.7 Å². The highest BCUT2D eigenvalue weighted by atomic mass is 16.4. The minimum absolute atomic E-state index is 0.192. The second-order valence-electron chi connectivity index (χ2n) is 4.42. The molecule has 0 aliphatic rings. The molecule has 0 bridgehead atoms. The molecule has 0 fully saturated rings. The average Bonchev–Trinajstić information content (AvgIpc) is 2.79. The Kier molecular flexibility index (Phi) is 5.28. The van der Waals surface area contributed by atoms with Crippen molar-refractivity contribution in [3.63, 3.8) is 0 Å². The van der Waals surface area contributed by atoms with Gasteiger partial charge in [0.05, 0.1) is 6.54 Å². The molecule has 1 rings (SSSR count). The van der Waals surface area contributed by atoms with Crippen LogP contribution in [0, 0.1) is 5.92 Å². The molecule has 8 nitrogen and oxygen atoms in total. The third kappa shape index (κ3) is 4.23. The van der Waals surface area contributed by atoms with Gasteiger partial charge in [-0.25, -0.2) is 9.59 Å². The first-order valence-electron chi connectivity index (χ1n) is 6.09. The zero-order chi connectivity index (χ0) is 14.4. The van der Waals surface area contributed by atoms with Crippen LogP contribution in [-0.2, 0) is 17.9 Å². The summed E-state index contributed by atoms with van der Waals surface area (Å²) in [5.74, 6) is -0.626. The number of aromatic nitrogens is 3. The van der Waals surface area contributed by atoms with Gasteiger partial charge < -0.3 is 20.3 Å². The zero-order valence-corrected chi connectivity index (χ0v) is 11.3. The van der Waals surface area contributed by atoms with Gasteiger partial charge in [0.25, 0.3) is 0 Å². The molecule has 0 aliphatic carbocycles. The van der Waals surface area contributed by atoms with Gasteiger partial charge in [-0.3, -0.25) is 0 Å². The van der Waals surface area contributed by atoms with Crippen LogP contribution < -0.4 is 10.6 Å². The summed E-state index contributed by atoms with van der Waals surface area (Å²) >= 11 is 0. The molecule has 0 saturated heterocycles. The Labute approximate surface area is 111 Å². The molecule has 8 heteroatoms. The minimum Gasteiger partial charge on any atom is -0.480 e. The molecule has 0 aromatic carbocycles. The lowest BCUT2D eigenvalue weighted by Gasteiger charge is -2.18. The normalized spacial score (nSPS) is 12.2. The predicted molar refractivity (Wildman–Crippen MR) is 67.3 cm³/mol. The molecule has 0 radical (unpaired) electrons. The molecule has 0 unspecified atom stereocenters. The van der Waals surface area contributed by atoms with E-state index in [9.17, 15) is 9.59 Å². The topological polar surface area (TPSA) is 109 Å². The van der Waals surface area contributed by atoms with E-state index in [1.165, 1.54) is 0 Å². The van der Waals surface area contributed by atoms with Gasteiger partial charge in [-0.05, 0) is 12.8 Å². The molecule has 1 aromatic heterocycles. The van der Waals surface area contributed by atoms with Gasteiger partial charge in [0.15, 0.2) is 5.82 Å². The van der Waals surface area contributed by atoms with Gasteiger partial charge in [-0.1, -0.05) is 13.8 Å². The third-order valence-corrected chi connectivity index (χ3v) is 2.66. The summed E-state index contributed by atoms with van der Waals surface area (Å²) in [4.78, 5) is 22.6. The van der Waals surface area contributed by atoms with E-state index in [0.29, 0.717) is 12.4 Å². The molecule has 19 heavy (non-hydrogen) atoms. The van der Waals surface area contributed by atoms with Gasteiger partial charge in [0.1, 0.15) is 12.4 Å². The standard InChI is InChI=1S/C11H19N5O3/c1-4-16-6-13-15-8(16)5-12-11(19)14-9(7(2)3)10(17)18/h6-7,9H,4-5H2,1-3H3,(H,17,18)(H2,12,14,19)/t9-/m0/s1. The number of rotatable bonds is 6. The zero-order valence-electron chi connectivity index (χ0n) is 11.3. The van der Waals surface area contributed by atoms with Crippen molar-refractivity contribution in [1.29, 1.82) is 0 Å². The quantitative estimate of drug-likeness (QED) is 0.683. The number of nitrogens with one attached hydrogen (secondary N) is 2. The summed E-state index contributed by atoms with van der Waals surface area (Å²) in [6.45, 7) is 6.30. The van der Waals surface area contributed by atoms with Crippen LogP contribution >= 0.6 is 0 Å². The first-order valence-corrected chi connectivity index (χ1v) is 6.09. The summed E-state index contributed by atoms with van der Waals surface area (Å²) in [5.41, 5.74) is 0. The maximum Gasteiger partial charge on any atom is 0.326 e. The number of aryl methyl sites for hydroxylation is 1. The predicted octanol–water partition coefficient (Wildman–Crippen LogP) is 0.206. The second kappa shape index (κ2) is 6.72. The van der Waals surface area contributed by atoms with Crippen molar-refractivity contribution in [2.45, 2.75) is 39.9 Å². The average molecular weight is 269 g/mol. The number of hydrogen-bond acceptors (Lipinski definition) is 4.